The molecule has 0 aromatic heterocycles. The molecule has 8 nitrogen and oxygen atoms in total. The van der Waals surface area contributed by atoms with Gasteiger partial charge in [0.25, 0.3) is 11.8 Å². The van der Waals surface area contributed by atoms with Crippen molar-refractivity contribution in [3.63, 3.8) is 0 Å². The number of nitrogens with one attached hydrogen (secondary N) is 2. The van der Waals surface area contributed by atoms with E-state index in [-0.39, 0.29) is 36.0 Å². The average Bonchev–Trinajstić information content (AvgIpc) is 2.82. The molecule has 0 radical (unpaired) electrons. The van der Waals surface area contributed by atoms with Gasteiger partial charge in [-0.05, 0) is 44.5 Å². The highest BCUT2D eigenvalue weighted by molar-refractivity contribution is 6.23. The van der Waals surface area contributed by atoms with Crippen LogP contribution in [0.15, 0.2) is 18.2 Å². The lowest BCUT2D eigenvalue weighted by Gasteiger charge is -2.35. The Balaban J connectivity index is 1.53. The van der Waals surface area contributed by atoms with Crippen molar-refractivity contribution in [3.8, 4) is 5.75 Å². The maximum absolute atomic E-state index is 12.7. The lowest BCUT2D eigenvalue weighted by Crippen LogP contribution is -2.54. The van der Waals surface area contributed by atoms with Crippen molar-refractivity contribution in [1.82, 2.24) is 15.5 Å². The van der Waals surface area contributed by atoms with Crippen molar-refractivity contribution in [3.05, 3.63) is 29.3 Å². The molecule has 2 fully saturated rings. The van der Waals surface area contributed by atoms with Crippen LogP contribution in [0.2, 0.25) is 0 Å². The lowest BCUT2D eigenvalue weighted by molar-refractivity contribution is -0.136. The molecular weight excluding hydrogens is 338 g/mol. The van der Waals surface area contributed by atoms with E-state index in [1.54, 1.807) is 18.2 Å². The topological polar surface area (TPSA) is 105 Å². The fraction of sp³-hybridized carbons (Fsp3) is 0.444. The minimum absolute atomic E-state index is 0.0870. The molecule has 4 amide bonds. The SMILES string of the molecule is CNC1CC(Oc2ccc3c(c2)C(=O)N(C2CCC(=O)NC2=O)C3=O)C1. The Hall–Kier alpha value is -2.74. The van der Waals surface area contributed by atoms with Gasteiger partial charge in [0.05, 0.1) is 11.1 Å². The summed E-state index contributed by atoms with van der Waals surface area (Å²) < 4.78 is 5.86. The van der Waals surface area contributed by atoms with Gasteiger partial charge in [-0.1, -0.05) is 0 Å². The number of hydrogen-bond acceptors (Lipinski definition) is 6. The van der Waals surface area contributed by atoms with Gasteiger partial charge in [0, 0.05) is 12.5 Å². The van der Waals surface area contributed by atoms with Crippen LogP contribution in [0.25, 0.3) is 0 Å². The lowest BCUT2D eigenvalue weighted by atomic mass is 9.89. The second kappa shape index (κ2) is 6.21. The molecule has 1 aliphatic carbocycles. The normalized spacial score (nSPS) is 27.9. The summed E-state index contributed by atoms with van der Waals surface area (Å²) in [5.74, 6) is -1.50. The van der Waals surface area contributed by atoms with Crippen LogP contribution in [0.1, 0.15) is 46.4 Å². The van der Waals surface area contributed by atoms with Gasteiger partial charge in [-0.3, -0.25) is 29.4 Å². The Kier molecular flexibility index (Phi) is 3.99. The van der Waals surface area contributed by atoms with E-state index in [9.17, 15) is 19.2 Å². The second-order valence-corrected chi connectivity index (χ2v) is 6.85. The largest absolute Gasteiger partial charge is 0.490 e. The molecular formula is C18H19N3O5. The number of nitrogens with zero attached hydrogens (tertiary/aromatic N) is 1. The highest BCUT2D eigenvalue weighted by Gasteiger charge is 2.44. The molecule has 2 N–H and O–H groups in total. The van der Waals surface area contributed by atoms with Gasteiger partial charge in [0.15, 0.2) is 0 Å². The van der Waals surface area contributed by atoms with Gasteiger partial charge in [0.1, 0.15) is 17.9 Å². The molecule has 3 aliphatic rings. The van der Waals surface area contributed by atoms with Crippen LogP contribution in [0.5, 0.6) is 5.75 Å². The molecule has 2 heterocycles. The number of rotatable bonds is 4. The van der Waals surface area contributed by atoms with Crippen molar-refractivity contribution in [2.45, 2.75) is 43.9 Å². The third-order valence-corrected chi connectivity index (χ3v) is 5.22. The van der Waals surface area contributed by atoms with Crippen LogP contribution in [0.4, 0.5) is 0 Å². The summed E-state index contributed by atoms with van der Waals surface area (Å²) in [4.78, 5) is 49.6. The van der Waals surface area contributed by atoms with E-state index in [0.29, 0.717) is 11.8 Å². The number of carbonyl (C=O) groups excluding carboxylic acids is 4. The zero-order chi connectivity index (χ0) is 18.4. The predicted octanol–water partition coefficient (Wildman–Crippen LogP) is 0.217. The maximum atomic E-state index is 12.7. The highest BCUT2D eigenvalue weighted by Crippen LogP contribution is 2.32. The van der Waals surface area contributed by atoms with Crippen molar-refractivity contribution < 1.29 is 23.9 Å². The molecule has 1 unspecified atom stereocenters. The van der Waals surface area contributed by atoms with Crippen LogP contribution in [0, 0.1) is 0 Å². The van der Waals surface area contributed by atoms with E-state index in [2.05, 4.69) is 10.6 Å². The first-order chi connectivity index (χ1) is 12.5. The van der Waals surface area contributed by atoms with Crippen LogP contribution in [-0.2, 0) is 9.59 Å². The van der Waals surface area contributed by atoms with E-state index >= 15 is 0 Å². The first-order valence-corrected chi connectivity index (χ1v) is 8.67. The Morgan fingerprint density at radius 2 is 1.85 bits per heavy atom. The molecule has 0 spiro atoms. The molecule has 136 valence electrons. The van der Waals surface area contributed by atoms with Crippen LogP contribution in [-0.4, -0.2) is 53.8 Å². The van der Waals surface area contributed by atoms with Crippen LogP contribution < -0.4 is 15.4 Å². The summed E-state index contributed by atoms with van der Waals surface area (Å²) in [5, 5.41) is 5.36. The Labute approximate surface area is 149 Å². The summed E-state index contributed by atoms with van der Waals surface area (Å²) in [6, 6.07) is 4.29. The molecule has 1 aromatic rings. The fourth-order valence-corrected chi connectivity index (χ4v) is 3.61. The third-order valence-electron chi connectivity index (χ3n) is 5.22. The molecule has 0 bridgehead atoms. The first-order valence-electron chi connectivity index (χ1n) is 8.67. The Morgan fingerprint density at radius 1 is 1.12 bits per heavy atom. The summed E-state index contributed by atoms with van der Waals surface area (Å²) in [7, 11) is 1.91. The fourth-order valence-electron chi connectivity index (χ4n) is 3.61. The quantitative estimate of drug-likeness (QED) is 0.747. The van der Waals surface area contributed by atoms with Crippen LogP contribution >= 0.6 is 0 Å². The Morgan fingerprint density at radius 3 is 2.54 bits per heavy atom. The summed E-state index contributed by atoms with van der Waals surface area (Å²) >= 11 is 0. The molecule has 26 heavy (non-hydrogen) atoms. The predicted molar refractivity (Wildman–Crippen MR) is 89.6 cm³/mol. The van der Waals surface area contributed by atoms with Gasteiger partial charge in [-0.25, -0.2) is 0 Å². The molecule has 8 heteroatoms. The number of ether oxygens (including phenoxy) is 1. The summed E-state index contributed by atoms with van der Waals surface area (Å²) in [5.41, 5.74) is 0.496. The number of amides is 4. The number of carbonyl (C=O) groups is 4. The molecule has 1 atom stereocenters. The monoisotopic (exact) mass is 357 g/mol. The smallest absolute Gasteiger partial charge is 0.262 e. The number of piperidine rings is 1. The zero-order valence-corrected chi connectivity index (χ0v) is 14.3. The second-order valence-electron chi connectivity index (χ2n) is 6.85. The van der Waals surface area contributed by atoms with E-state index < -0.39 is 23.8 Å². The minimum atomic E-state index is -0.951. The van der Waals surface area contributed by atoms with E-state index in [1.807, 2.05) is 7.05 Å². The maximum Gasteiger partial charge on any atom is 0.262 e. The number of benzene rings is 1. The zero-order valence-electron chi connectivity index (χ0n) is 14.3. The van der Waals surface area contributed by atoms with Gasteiger partial charge in [-0.15, -0.1) is 0 Å². The van der Waals surface area contributed by atoms with Crippen molar-refractivity contribution >= 4 is 23.6 Å². The van der Waals surface area contributed by atoms with Crippen LogP contribution in [0.3, 0.4) is 0 Å². The third kappa shape index (κ3) is 2.66. The molecule has 4 rings (SSSR count). The standard InChI is InChI=1S/C18H19N3O5/c1-19-9-6-11(7-9)26-10-2-3-12-13(8-10)18(25)21(17(12)24)14-4-5-15(22)20-16(14)23/h2-3,8-9,11,14,19H,4-7H2,1H3,(H,20,22,23). The van der Waals surface area contributed by atoms with Crippen molar-refractivity contribution in [1.29, 1.82) is 0 Å². The first kappa shape index (κ1) is 16.7. The van der Waals surface area contributed by atoms with Gasteiger partial charge >= 0.3 is 0 Å². The summed E-state index contributed by atoms with van der Waals surface area (Å²) in [6.07, 6.45) is 2.12. The van der Waals surface area contributed by atoms with E-state index in [0.717, 1.165) is 17.7 Å². The van der Waals surface area contributed by atoms with E-state index in [1.165, 1.54) is 0 Å². The van der Waals surface area contributed by atoms with Crippen molar-refractivity contribution in [2.75, 3.05) is 7.05 Å². The number of hydrogen-bond donors (Lipinski definition) is 2. The minimum Gasteiger partial charge on any atom is -0.490 e. The average molecular weight is 357 g/mol. The molecule has 1 saturated carbocycles. The number of fused-ring (bicyclic) bond motifs is 1. The van der Waals surface area contributed by atoms with Gasteiger partial charge < -0.3 is 10.1 Å². The summed E-state index contributed by atoms with van der Waals surface area (Å²) in [6.45, 7) is 0. The van der Waals surface area contributed by atoms with Gasteiger partial charge in [-0.2, -0.15) is 0 Å². The van der Waals surface area contributed by atoms with E-state index in [4.69, 9.17) is 4.74 Å². The van der Waals surface area contributed by atoms with Crippen molar-refractivity contribution in [2.24, 2.45) is 0 Å². The highest BCUT2D eigenvalue weighted by atomic mass is 16.5. The molecule has 1 saturated heterocycles. The molecule has 1 aromatic carbocycles. The van der Waals surface area contributed by atoms with Gasteiger partial charge in [0.2, 0.25) is 11.8 Å². The number of imide groups is 2. The molecule has 2 aliphatic heterocycles. The Bertz CT molecular complexity index is 815.